The Morgan fingerprint density at radius 2 is 2.00 bits per heavy atom. The van der Waals surface area contributed by atoms with E-state index in [-0.39, 0.29) is 6.10 Å². The van der Waals surface area contributed by atoms with Gasteiger partial charge in [-0.2, -0.15) is 0 Å². The van der Waals surface area contributed by atoms with Gasteiger partial charge in [-0.15, -0.1) is 0 Å². The van der Waals surface area contributed by atoms with Crippen molar-refractivity contribution in [3.8, 4) is 5.75 Å². The van der Waals surface area contributed by atoms with Gasteiger partial charge in [-0.25, -0.2) is 0 Å². The molecule has 16 heavy (non-hydrogen) atoms. The molecule has 0 aromatic heterocycles. The molecule has 1 fully saturated rings. The molecule has 0 spiro atoms. The van der Waals surface area contributed by atoms with Crippen LogP contribution in [0.25, 0.3) is 0 Å². The lowest BCUT2D eigenvalue weighted by atomic mass is 10.1. The third kappa shape index (κ3) is 2.74. The summed E-state index contributed by atoms with van der Waals surface area (Å²) in [7, 11) is 1.68. The molecule has 1 aliphatic heterocycles. The Kier molecular flexibility index (Phi) is 3.80. The van der Waals surface area contributed by atoms with Crippen LogP contribution in [0.5, 0.6) is 5.75 Å². The standard InChI is InChI=1S/C13H19NO2/c1-10-7-14-8-13(16-9-10)11-3-5-12(15-2)6-4-11/h3-6,10,13-14H,7-9H2,1-2H3. The van der Waals surface area contributed by atoms with Gasteiger partial charge in [-0.05, 0) is 23.6 Å². The summed E-state index contributed by atoms with van der Waals surface area (Å²) in [6, 6.07) is 8.10. The number of hydrogen-bond donors (Lipinski definition) is 1. The van der Waals surface area contributed by atoms with Gasteiger partial charge in [0.2, 0.25) is 0 Å². The summed E-state index contributed by atoms with van der Waals surface area (Å²) in [5.74, 6) is 1.47. The highest BCUT2D eigenvalue weighted by molar-refractivity contribution is 5.28. The van der Waals surface area contributed by atoms with Crippen molar-refractivity contribution in [2.24, 2.45) is 5.92 Å². The fraction of sp³-hybridized carbons (Fsp3) is 0.538. The Hall–Kier alpha value is -1.06. The molecule has 2 atom stereocenters. The highest BCUT2D eigenvalue weighted by Gasteiger charge is 2.17. The molecule has 0 aliphatic carbocycles. The fourth-order valence-electron chi connectivity index (χ4n) is 1.89. The zero-order valence-corrected chi connectivity index (χ0v) is 9.90. The summed E-state index contributed by atoms with van der Waals surface area (Å²) in [5.41, 5.74) is 1.21. The first-order chi connectivity index (χ1) is 7.79. The molecule has 0 radical (unpaired) electrons. The van der Waals surface area contributed by atoms with Crippen LogP contribution in [0.15, 0.2) is 24.3 Å². The molecule has 0 amide bonds. The summed E-state index contributed by atoms with van der Waals surface area (Å²) in [5, 5.41) is 3.42. The van der Waals surface area contributed by atoms with Crippen LogP contribution in [0.1, 0.15) is 18.6 Å². The molecule has 1 aromatic rings. The molecule has 1 aromatic carbocycles. The van der Waals surface area contributed by atoms with Crippen LogP contribution in [-0.2, 0) is 4.74 Å². The van der Waals surface area contributed by atoms with Crippen LogP contribution in [0.4, 0.5) is 0 Å². The highest BCUT2D eigenvalue weighted by Crippen LogP contribution is 2.22. The van der Waals surface area contributed by atoms with E-state index in [0.29, 0.717) is 5.92 Å². The molecule has 1 heterocycles. The Balaban J connectivity index is 2.04. The number of hydrogen-bond acceptors (Lipinski definition) is 3. The molecular formula is C13H19NO2. The van der Waals surface area contributed by atoms with E-state index in [9.17, 15) is 0 Å². The summed E-state index contributed by atoms with van der Waals surface area (Å²) in [4.78, 5) is 0. The fourth-order valence-corrected chi connectivity index (χ4v) is 1.89. The predicted octanol–water partition coefficient (Wildman–Crippen LogP) is 1.99. The molecule has 3 nitrogen and oxygen atoms in total. The zero-order chi connectivity index (χ0) is 11.4. The van der Waals surface area contributed by atoms with Crippen molar-refractivity contribution < 1.29 is 9.47 Å². The topological polar surface area (TPSA) is 30.5 Å². The van der Waals surface area contributed by atoms with Crippen LogP contribution in [-0.4, -0.2) is 26.8 Å². The van der Waals surface area contributed by atoms with Crippen molar-refractivity contribution in [2.75, 3.05) is 26.8 Å². The molecule has 2 rings (SSSR count). The van der Waals surface area contributed by atoms with Gasteiger partial charge in [0.25, 0.3) is 0 Å². The average molecular weight is 221 g/mol. The smallest absolute Gasteiger partial charge is 0.118 e. The van der Waals surface area contributed by atoms with Gasteiger partial charge in [-0.1, -0.05) is 19.1 Å². The van der Waals surface area contributed by atoms with E-state index in [4.69, 9.17) is 9.47 Å². The lowest BCUT2D eigenvalue weighted by Crippen LogP contribution is -2.22. The van der Waals surface area contributed by atoms with Gasteiger partial charge in [0, 0.05) is 13.1 Å². The van der Waals surface area contributed by atoms with Gasteiger partial charge >= 0.3 is 0 Å². The summed E-state index contributed by atoms with van der Waals surface area (Å²) < 4.78 is 11.0. The van der Waals surface area contributed by atoms with Crippen molar-refractivity contribution >= 4 is 0 Å². The zero-order valence-electron chi connectivity index (χ0n) is 9.90. The van der Waals surface area contributed by atoms with Gasteiger partial charge in [0.1, 0.15) is 5.75 Å². The van der Waals surface area contributed by atoms with Crippen molar-refractivity contribution in [1.29, 1.82) is 0 Å². The SMILES string of the molecule is COc1ccc(C2CNCC(C)CO2)cc1. The third-order valence-electron chi connectivity index (χ3n) is 2.89. The first-order valence-corrected chi connectivity index (χ1v) is 5.76. The van der Waals surface area contributed by atoms with E-state index in [2.05, 4.69) is 24.4 Å². The van der Waals surface area contributed by atoms with E-state index in [1.165, 1.54) is 5.56 Å². The third-order valence-corrected chi connectivity index (χ3v) is 2.89. The monoisotopic (exact) mass is 221 g/mol. The van der Waals surface area contributed by atoms with E-state index in [1.807, 2.05) is 12.1 Å². The second-order valence-corrected chi connectivity index (χ2v) is 4.36. The second-order valence-electron chi connectivity index (χ2n) is 4.36. The van der Waals surface area contributed by atoms with Gasteiger partial charge in [0.05, 0.1) is 19.8 Å². The van der Waals surface area contributed by atoms with Crippen LogP contribution < -0.4 is 10.1 Å². The Morgan fingerprint density at radius 1 is 1.25 bits per heavy atom. The minimum Gasteiger partial charge on any atom is -0.497 e. The quantitative estimate of drug-likeness (QED) is 0.828. The van der Waals surface area contributed by atoms with Crippen LogP contribution >= 0.6 is 0 Å². The van der Waals surface area contributed by atoms with Crippen LogP contribution in [0.2, 0.25) is 0 Å². The Bertz CT molecular complexity index is 323. The summed E-state index contributed by atoms with van der Waals surface area (Å²) in [6.45, 7) is 4.94. The molecule has 1 aliphatic rings. The number of ether oxygens (including phenoxy) is 2. The second kappa shape index (κ2) is 5.32. The molecule has 2 unspecified atom stereocenters. The Labute approximate surface area is 96.8 Å². The van der Waals surface area contributed by atoms with Crippen LogP contribution in [0.3, 0.4) is 0 Å². The lowest BCUT2D eigenvalue weighted by molar-refractivity contribution is 0.0515. The van der Waals surface area contributed by atoms with Crippen molar-refractivity contribution in [1.82, 2.24) is 5.32 Å². The minimum atomic E-state index is 0.163. The number of rotatable bonds is 2. The predicted molar refractivity (Wildman–Crippen MR) is 63.7 cm³/mol. The minimum absolute atomic E-state index is 0.163. The average Bonchev–Trinajstić information content (AvgIpc) is 2.54. The number of methoxy groups -OCH3 is 1. The first kappa shape index (κ1) is 11.4. The molecular weight excluding hydrogens is 202 g/mol. The van der Waals surface area contributed by atoms with Gasteiger partial charge in [0.15, 0.2) is 0 Å². The van der Waals surface area contributed by atoms with Gasteiger partial charge in [-0.3, -0.25) is 0 Å². The summed E-state index contributed by atoms with van der Waals surface area (Å²) in [6.07, 6.45) is 0.163. The normalized spacial score (nSPS) is 26.1. The van der Waals surface area contributed by atoms with Gasteiger partial charge < -0.3 is 14.8 Å². The molecule has 0 bridgehead atoms. The maximum absolute atomic E-state index is 5.87. The number of benzene rings is 1. The van der Waals surface area contributed by atoms with Crippen molar-refractivity contribution in [3.63, 3.8) is 0 Å². The van der Waals surface area contributed by atoms with E-state index in [1.54, 1.807) is 7.11 Å². The maximum atomic E-state index is 5.87. The maximum Gasteiger partial charge on any atom is 0.118 e. The van der Waals surface area contributed by atoms with Crippen LogP contribution in [0, 0.1) is 5.92 Å². The van der Waals surface area contributed by atoms with E-state index < -0.39 is 0 Å². The summed E-state index contributed by atoms with van der Waals surface area (Å²) >= 11 is 0. The van der Waals surface area contributed by atoms with Crippen molar-refractivity contribution in [2.45, 2.75) is 13.0 Å². The van der Waals surface area contributed by atoms with Crippen molar-refractivity contribution in [3.05, 3.63) is 29.8 Å². The van der Waals surface area contributed by atoms with E-state index >= 15 is 0 Å². The van der Waals surface area contributed by atoms with E-state index in [0.717, 1.165) is 25.4 Å². The highest BCUT2D eigenvalue weighted by atomic mass is 16.5. The number of nitrogens with one attached hydrogen (secondary N) is 1. The molecule has 3 heteroatoms. The molecule has 0 saturated carbocycles. The molecule has 88 valence electrons. The molecule has 1 N–H and O–H groups in total. The largest absolute Gasteiger partial charge is 0.497 e. The lowest BCUT2D eigenvalue weighted by Gasteiger charge is -2.15. The molecule has 1 saturated heterocycles. The first-order valence-electron chi connectivity index (χ1n) is 5.76. The Morgan fingerprint density at radius 3 is 2.69 bits per heavy atom.